The molecule has 2 aromatic rings. The van der Waals surface area contributed by atoms with Crippen molar-refractivity contribution in [1.82, 2.24) is 19.8 Å². The quantitative estimate of drug-likeness (QED) is 0.919. The van der Waals surface area contributed by atoms with E-state index in [-0.39, 0.29) is 24.3 Å². The van der Waals surface area contributed by atoms with E-state index in [1.54, 1.807) is 18.2 Å². The number of rotatable bonds is 4. The van der Waals surface area contributed by atoms with Crippen molar-refractivity contribution in [1.29, 1.82) is 0 Å². The number of imidazole rings is 1. The number of piperidine rings is 1. The number of carbonyl (C=O) groups excluding carboxylic acids is 1. The van der Waals surface area contributed by atoms with Gasteiger partial charge in [0.2, 0.25) is 0 Å². The zero-order chi connectivity index (χ0) is 17.8. The summed E-state index contributed by atoms with van der Waals surface area (Å²) in [5.74, 6) is 0.991. The second kappa shape index (κ2) is 7.68. The molecule has 2 heterocycles. The number of hydrogen-bond donors (Lipinski definition) is 1. The normalized spacial score (nSPS) is 17.8. The largest absolute Gasteiger partial charge is 0.334 e. The molecule has 1 aromatic heterocycles. The first kappa shape index (κ1) is 17.5. The van der Waals surface area contributed by atoms with E-state index in [1.165, 1.54) is 6.07 Å². The van der Waals surface area contributed by atoms with Crippen LogP contribution in [0.5, 0.6) is 0 Å². The summed E-state index contributed by atoms with van der Waals surface area (Å²) in [5, 5.41) is 2.83. The molecule has 0 saturated carbocycles. The van der Waals surface area contributed by atoms with E-state index in [0.717, 1.165) is 25.2 Å². The lowest BCUT2D eigenvalue weighted by Crippen LogP contribution is -2.45. The molecular formula is C19H25FN4O. The number of hydrogen-bond acceptors (Lipinski definition) is 2. The van der Waals surface area contributed by atoms with Crippen molar-refractivity contribution in [2.24, 2.45) is 0 Å². The minimum Gasteiger partial charge on any atom is -0.334 e. The fourth-order valence-corrected chi connectivity index (χ4v) is 3.37. The van der Waals surface area contributed by atoms with Crippen molar-refractivity contribution < 1.29 is 9.18 Å². The predicted octanol–water partition coefficient (Wildman–Crippen LogP) is 3.69. The second-order valence-electron chi connectivity index (χ2n) is 6.82. The molecule has 3 rings (SSSR count). The number of amides is 2. The van der Waals surface area contributed by atoms with Gasteiger partial charge in [-0.05, 0) is 32.8 Å². The molecule has 134 valence electrons. The molecule has 0 unspecified atom stereocenters. The first-order chi connectivity index (χ1) is 12.1. The summed E-state index contributed by atoms with van der Waals surface area (Å²) in [5.41, 5.74) is 0.500. The lowest BCUT2D eigenvalue weighted by molar-refractivity contribution is 0.177. The minimum atomic E-state index is -0.293. The van der Waals surface area contributed by atoms with Crippen molar-refractivity contribution in [2.45, 2.75) is 45.2 Å². The van der Waals surface area contributed by atoms with E-state index >= 15 is 0 Å². The van der Waals surface area contributed by atoms with Crippen LogP contribution in [0.4, 0.5) is 9.18 Å². The maximum absolute atomic E-state index is 13.7. The van der Waals surface area contributed by atoms with Gasteiger partial charge >= 0.3 is 6.03 Å². The molecule has 1 saturated heterocycles. The highest BCUT2D eigenvalue weighted by Gasteiger charge is 2.27. The molecule has 1 atom stereocenters. The standard InChI is InChI=1S/C19H25FN4O/c1-14(2)24-11-9-21-18(24)16-7-5-10-23(13-16)19(25)22-12-15-6-3-4-8-17(15)20/h3-4,6,8-9,11,14,16H,5,7,10,12-13H2,1-2H3,(H,22,25)/t16-/m1/s1. The molecule has 6 heteroatoms. The maximum atomic E-state index is 13.7. The van der Waals surface area contributed by atoms with E-state index in [0.29, 0.717) is 18.2 Å². The summed E-state index contributed by atoms with van der Waals surface area (Å²) >= 11 is 0. The molecule has 0 radical (unpaired) electrons. The Morgan fingerprint density at radius 1 is 1.40 bits per heavy atom. The smallest absolute Gasteiger partial charge is 0.317 e. The van der Waals surface area contributed by atoms with Gasteiger partial charge in [0, 0.05) is 49.6 Å². The first-order valence-electron chi connectivity index (χ1n) is 8.85. The van der Waals surface area contributed by atoms with E-state index in [4.69, 9.17) is 0 Å². The number of halogens is 1. The lowest BCUT2D eigenvalue weighted by atomic mass is 9.97. The molecule has 0 aliphatic carbocycles. The van der Waals surface area contributed by atoms with Crippen molar-refractivity contribution in [3.8, 4) is 0 Å². The summed E-state index contributed by atoms with van der Waals surface area (Å²) in [6, 6.07) is 6.72. The third kappa shape index (κ3) is 4.00. The molecule has 0 bridgehead atoms. The van der Waals surface area contributed by atoms with Crippen molar-refractivity contribution in [3.05, 3.63) is 53.9 Å². The number of aromatic nitrogens is 2. The van der Waals surface area contributed by atoms with Crippen molar-refractivity contribution >= 4 is 6.03 Å². The number of urea groups is 1. The summed E-state index contributed by atoms with van der Waals surface area (Å²) in [6.07, 6.45) is 5.80. The van der Waals surface area contributed by atoms with Crippen molar-refractivity contribution in [2.75, 3.05) is 13.1 Å². The molecule has 2 amide bonds. The fraction of sp³-hybridized carbons (Fsp3) is 0.474. The SMILES string of the molecule is CC(C)n1ccnc1[C@@H]1CCCN(C(=O)NCc2ccccc2F)C1. The van der Waals surface area contributed by atoms with Gasteiger partial charge in [0.05, 0.1) is 0 Å². The van der Waals surface area contributed by atoms with Crippen LogP contribution in [-0.4, -0.2) is 33.6 Å². The van der Waals surface area contributed by atoms with Gasteiger partial charge in [-0.25, -0.2) is 14.2 Å². The Kier molecular flexibility index (Phi) is 5.36. The predicted molar refractivity (Wildman–Crippen MR) is 94.8 cm³/mol. The van der Waals surface area contributed by atoms with Crippen LogP contribution in [0.15, 0.2) is 36.7 Å². The number of likely N-dealkylation sites (tertiary alicyclic amines) is 1. The topological polar surface area (TPSA) is 50.2 Å². The van der Waals surface area contributed by atoms with Crippen LogP contribution in [0, 0.1) is 5.82 Å². The van der Waals surface area contributed by atoms with Crippen LogP contribution < -0.4 is 5.32 Å². The van der Waals surface area contributed by atoms with Gasteiger partial charge in [-0.1, -0.05) is 18.2 Å². The summed E-state index contributed by atoms with van der Waals surface area (Å²) < 4.78 is 15.8. The van der Waals surface area contributed by atoms with E-state index in [1.807, 2.05) is 17.3 Å². The van der Waals surface area contributed by atoms with Gasteiger partial charge in [0.1, 0.15) is 11.6 Å². The zero-order valence-electron chi connectivity index (χ0n) is 14.8. The molecular weight excluding hydrogens is 319 g/mol. The Hall–Kier alpha value is -2.37. The van der Waals surface area contributed by atoms with Gasteiger partial charge in [-0.2, -0.15) is 0 Å². The number of nitrogens with zero attached hydrogens (tertiary/aromatic N) is 3. The highest BCUT2D eigenvalue weighted by molar-refractivity contribution is 5.74. The van der Waals surface area contributed by atoms with Crippen LogP contribution in [0.1, 0.15) is 50.0 Å². The average molecular weight is 344 g/mol. The Morgan fingerprint density at radius 3 is 2.96 bits per heavy atom. The van der Waals surface area contributed by atoms with E-state index in [9.17, 15) is 9.18 Å². The highest BCUT2D eigenvalue weighted by atomic mass is 19.1. The number of benzene rings is 1. The van der Waals surface area contributed by atoms with Gasteiger partial charge in [-0.15, -0.1) is 0 Å². The van der Waals surface area contributed by atoms with Gasteiger partial charge in [0.25, 0.3) is 0 Å². The van der Waals surface area contributed by atoms with Crippen LogP contribution in [0.25, 0.3) is 0 Å². The molecule has 1 fully saturated rings. The van der Waals surface area contributed by atoms with Crippen LogP contribution in [0.3, 0.4) is 0 Å². The molecule has 1 aromatic carbocycles. The zero-order valence-corrected chi connectivity index (χ0v) is 14.8. The van der Waals surface area contributed by atoms with Crippen LogP contribution in [-0.2, 0) is 6.54 Å². The first-order valence-corrected chi connectivity index (χ1v) is 8.85. The molecule has 25 heavy (non-hydrogen) atoms. The maximum Gasteiger partial charge on any atom is 0.317 e. The fourth-order valence-electron chi connectivity index (χ4n) is 3.37. The average Bonchev–Trinajstić information content (AvgIpc) is 3.11. The van der Waals surface area contributed by atoms with Gasteiger partial charge < -0.3 is 14.8 Å². The highest BCUT2D eigenvalue weighted by Crippen LogP contribution is 2.27. The number of carbonyl (C=O) groups is 1. The molecule has 1 aliphatic heterocycles. The second-order valence-corrected chi connectivity index (χ2v) is 6.82. The Balaban J connectivity index is 1.62. The Labute approximate surface area is 147 Å². The minimum absolute atomic E-state index is 0.143. The van der Waals surface area contributed by atoms with Crippen LogP contribution >= 0.6 is 0 Å². The number of nitrogens with one attached hydrogen (secondary N) is 1. The summed E-state index contributed by atoms with van der Waals surface area (Å²) in [4.78, 5) is 18.8. The van der Waals surface area contributed by atoms with Crippen LogP contribution in [0.2, 0.25) is 0 Å². The van der Waals surface area contributed by atoms with Gasteiger partial charge in [-0.3, -0.25) is 0 Å². The third-order valence-electron chi connectivity index (χ3n) is 4.72. The summed E-state index contributed by atoms with van der Waals surface area (Å²) in [7, 11) is 0. The molecule has 5 nitrogen and oxygen atoms in total. The molecule has 1 N–H and O–H groups in total. The van der Waals surface area contributed by atoms with Gasteiger partial charge in [0.15, 0.2) is 0 Å². The van der Waals surface area contributed by atoms with Crippen molar-refractivity contribution in [3.63, 3.8) is 0 Å². The third-order valence-corrected chi connectivity index (χ3v) is 4.72. The monoisotopic (exact) mass is 344 g/mol. The molecule has 0 spiro atoms. The van der Waals surface area contributed by atoms with E-state index < -0.39 is 0 Å². The lowest BCUT2D eigenvalue weighted by Gasteiger charge is -2.33. The Morgan fingerprint density at radius 2 is 2.20 bits per heavy atom. The Bertz CT molecular complexity index is 728. The summed E-state index contributed by atoms with van der Waals surface area (Å²) in [6.45, 7) is 5.84. The van der Waals surface area contributed by atoms with E-state index in [2.05, 4.69) is 28.7 Å². The molecule has 1 aliphatic rings.